The van der Waals surface area contributed by atoms with Gasteiger partial charge in [0, 0.05) is 6.54 Å². The van der Waals surface area contributed by atoms with Crippen molar-refractivity contribution in [2.45, 2.75) is 32.1 Å². The minimum Gasteiger partial charge on any atom is -0.367 e. The van der Waals surface area contributed by atoms with Gasteiger partial charge in [0.2, 0.25) is 0 Å². The molecule has 0 radical (unpaired) electrons. The van der Waals surface area contributed by atoms with E-state index in [-0.39, 0.29) is 10.7 Å². The van der Waals surface area contributed by atoms with Crippen molar-refractivity contribution in [1.29, 1.82) is 0 Å². The Hall–Kier alpha value is -2.67. The van der Waals surface area contributed by atoms with Gasteiger partial charge in [-0.1, -0.05) is 43.7 Å². The molecule has 2 N–H and O–H groups in total. The Labute approximate surface area is 160 Å². The molecule has 0 spiro atoms. The van der Waals surface area contributed by atoms with Gasteiger partial charge in [0.15, 0.2) is 11.6 Å². The smallest absolute Gasteiger partial charge is 0.263 e. The molecular formula is C20H24N4O2S. The third-order valence-electron chi connectivity index (χ3n) is 4.15. The van der Waals surface area contributed by atoms with E-state index in [9.17, 15) is 8.42 Å². The number of hydrogen-bond donors (Lipinski definition) is 2. The average Bonchev–Trinajstić information content (AvgIpc) is 2.62. The number of fused-ring (bicyclic) bond motifs is 1. The largest absolute Gasteiger partial charge is 0.367 e. The van der Waals surface area contributed by atoms with Crippen LogP contribution in [-0.4, -0.2) is 24.9 Å². The fourth-order valence-electron chi connectivity index (χ4n) is 2.58. The molecular weight excluding hydrogens is 360 g/mol. The van der Waals surface area contributed by atoms with Crippen LogP contribution in [0.1, 0.15) is 25.8 Å². The normalized spacial score (nSPS) is 11.7. The molecule has 0 atom stereocenters. The molecule has 0 amide bonds. The molecule has 1 aromatic heterocycles. The molecule has 7 heteroatoms. The molecule has 1 heterocycles. The van der Waals surface area contributed by atoms with Crippen LogP contribution in [0.3, 0.4) is 0 Å². The molecule has 0 aliphatic heterocycles. The molecule has 27 heavy (non-hydrogen) atoms. The summed E-state index contributed by atoms with van der Waals surface area (Å²) in [6, 6.07) is 14.1. The summed E-state index contributed by atoms with van der Waals surface area (Å²) < 4.78 is 28.1. The molecule has 142 valence electrons. The topological polar surface area (TPSA) is 84.0 Å². The van der Waals surface area contributed by atoms with Crippen molar-refractivity contribution >= 4 is 32.7 Å². The van der Waals surface area contributed by atoms with Crippen LogP contribution >= 0.6 is 0 Å². The van der Waals surface area contributed by atoms with Crippen LogP contribution in [-0.2, 0) is 10.0 Å². The molecule has 3 aromatic rings. The fraction of sp³-hybridized carbons (Fsp3) is 0.300. The molecule has 0 aliphatic rings. The van der Waals surface area contributed by atoms with E-state index < -0.39 is 10.0 Å². The lowest BCUT2D eigenvalue weighted by atomic mass is 10.1. The van der Waals surface area contributed by atoms with E-state index in [0.29, 0.717) is 29.3 Å². The number of para-hydroxylation sites is 2. The Morgan fingerprint density at radius 2 is 1.52 bits per heavy atom. The predicted octanol–water partition coefficient (Wildman–Crippen LogP) is 4.20. The van der Waals surface area contributed by atoms with Gasteiger partial charge in [-0.3, -0.25) is 4.72 Å². The van der Waals surface area contributed by atoms with Gasteiger partial charge in [0.1, 0.15) is 0 Å². The van der Waals surface area contributed by atoms with Crippen LogP contribution in [0, 0.1) is 12.8 Å². The molecule has 0 fully saturated rings. The lowest BCUT2D eigenvalue weighted by molar-refractivity contribution is 0.600. The molecule has 2 aromatic carbocycles. The van der Waals surface area contributed by atoms with E-state index in [1.807, 2.05) is 31.2 Å². The summed E-state index contributed by atoms with van der Waals surface area (Å²) in [5.74, 6) is 1.17. The minimum absolute atomic E-state index is 0.191. The summed E-state index contributed by atoms with van der Waals surface area (Å²) in [5.41, 5.74) is 2.34. The van der Waals surface area contributed by atoms with Crippen LogP contribution < -0.4 is 10.0 Å². The maximum absolute atomic E-state index is 12.8. The van der Waals surface area contributed by atoms with Gasteiger partial charge >= 0.3 is 0 Å². The second kappa shape index (κ2) is 7.92. The first-order chi connectivity index (χ1) is 12.8. The van der Waals surface area contributed by atoms with Gasteiger partial charge in [-0.2, -0.15) is 0 Å². The zero-order valence-corrected chi connectivity index (χ0v) is 16.5. The second-order valence-electron chi connectivity index (χ2n) is 6.94. The zero-order valence-electron chi connectivity index (χ0n) is 15.7. The number of sulfonamides is 1. The summed E-state index contributed by atoms with van der Waals surface area (Å²) in [7, 11) is -3.76. The zero-order chi connectivity index (χ0) is 19.4. The number of nitrogens with one attached hydrogen (secondary N) is 2. The number of hydrogen-bond acceptors (Lipinski definition) is 5. The van der Waals surface area contributed by atoms with Crippen LogP contribution in [0.5, 0.6) is 0 Å². The van der Waals surface area contributed by atoms with Crippen molar-refractivity contribution < 1.29 is 8.42 Å². The summed E-state index contributed by atoms with van der Waals surface area (Å²) in [4.78, 5) is 9.24. The standard InChI is InChI=1S/C20H24N4O2S/c1-14(2)12-13-21-19-20(23-18-7-5-4-6-17(18)22-19)24-27(25,26)16-10-8-15(3)9-11-16/h4-11,14H,12-13H2,1-3H3,(H,21,22)(H,23,24). The Morgan fingerprint density at radius 1 is 0.926 bits per heavy atom. The highest BCUT2D eigenvalue weighted by molar-refractivity contribution is 7.92. The fourth-order valence-corrected chi connectivity index (χ4v) is 3.59. The molecule has 0 saturated carbocycles. The third-order valence-corrected chi connectivity index (χ3v) is 5.50. The maximum Gasteiger partial charge on any atom is 0.263 e. The quantitative estimate of drug-likeness (QED) is 0.638. The third kappa shape index (κ3) is 4.74. The Balaban J connectivity index is 1.96. The SMILES string of the molecule is Cc1ccc(S(=O)(=O)Nc2nc3ccccc3nc2NCCC(C)C)cc1. The first kappa shape index (κ1) is 19.1. The predicted molar refractivity (Wildman–Crippen MR) is 109 cm³/mol. The number of aromatic nitrogens is 2. The number of nitrogens with zero attached hydrogens (tertiary/aromatic N) is 2. The van der Waals surface area contributed by atoms with Crippen molar-refractivity contribution in [1.82, 2.24) is 9.97 Å². The van der Waals surface area contributed by atoms with Crippen molar-refractivity contribution in [3.05, 3.63) is 54.1 Å². The van der Waals surface area contributed by atoms with E-state index >= 15 is 0 Å². The van der Waals surface area contributed by atoms with E-state index in [4.69, 9.17) is 0 Å². The van der Waals surface area contributed by atoms with Gasteiger partial charge in [0.25, 0.3) is 10.0 Å². The first-order valence-electron chi connectivity index (χ1n) is 8.95. The second-order valence-corrected chi connectivity index (χ2v) is 8.62. The van der Waals surface area contributed by atoms with Crippen LogP contribution in [0.2, 0.25) is 0 Å². The Morgan fingerprint density at radius 3 is 2.11 bits per heavy atom. The highest BCUT2D eigenvalue weighted by atomic mass is 32.2. The molecule has 3 rings (SSSR count). The van der Waals surface area contributed by atoms with Crippen molar-refractivity contribution in [3.8, 4) is 0 Å². The highest BCUT2D eigenvalue weighted by Gasteiger charge is 2.18. The molecule has 0 saturated heterocycles. The van der Waals surface area contributed by atoms with Crippen molar-refractivity contribution in [2.24, 2.45) is 5.92 Å². The monoisotopic (exact) mass is 384 g/mol. The molecule has 0 bridgehead atoms. The van der Waals surface area contributed by atoms with Gasteiger partial charge < -0.3 is 5.32 Å². The van der Waals surface area contributed by atoms with Gasteiger partial charge in [-0.05, 0) is 43.5 Å². The summed E-state index contributed by atoms with van der Waals surface area (Å²) in [5, 5.41) is 3.22. The minimum atomic E-state index is -3.76. The number of benzene rings is 2. The van der Waals surface area contributed by atoms with E-state index in [2.05, 4.69) is 33.9 Å². The van der Waals surface area contributed by atoms with Gasteiger partial charge in [-0.25, -0.2) is 18.4 Å². The number of rotatable bonds is 7. The molecule has 6 nitrogen and oxygen atoms in total. The van der Waals surface area contributed by atoms with Crippen molar-refractivity contribution in [3.63, 3.8) is 0 Å². The number of anilines is 2. The van der Waals surface area contributed by atoms with E-state index in [1.54, 1.807) is 24.3 Å². The average molecular weight is 385 g/mol. The molecule has 0 unspecified atom stereocenters. The summed E-state index contributed by atoms with van der Waals surface area (Å²) in [6.07, 6.45) is 0.943. The van der Waals surface area contributed by atoms with E-state index in [1.165, 1.54) is 0 Å². The Kier molecular flexibility index (Phi) is 5.60. The lowest BCUT2D eigenvalue weighted by Gasteiger charge is -2.14. The van der Waals surface area contributed by atoms with Crippen LogP contribution in [0.4, 0.5) is 11.6 Å². The van der Waals surface area contributed by atoms with Gasteiger partial charge in [0.05, 0.1) is 15.9 Å². The van der Waals surface area contributed by atoms with Crippen LogP contribution in [0.15, 0.2) is 53.4 Å². The maximum atomic E-state index is 12.8. The van der Waals surface area contributed by atoms with Gasteiger partial charge in [-0.15, -0.1) is 0 Å². The lowest BCUT2D eigenvalue weighted by Crippen LogP contribution is -2.17. The first-order valence-corrected chi connectivity index (χ1v) is 10.4. The summed E-state index contributed by atoms with van der Waals surface area (Å²) in [6.45, 7) is 6.86. The van der Waals surface area contributed by atoms with E-state index in [0.717, 1.165) is 12.0 Å². The number of aryl methyl sites for hydroxylation is 1. The summed E-state index contributed by atoms with van der Waals surface area (Å²) >= 11 is 0. The highest BCUT2D eigenvalue weighted by Crippen LogP contribution is 2.24. The molecule has 0 aliphatic carbocycles. The Bertz CT molecular complexity index is 1030. The van der Waals surface area contributed by atoms with Crippen LogP contribution in [0.25, 0.3) is 11.0 Å². The van der Waals surface area contributed by atoms with Crippen molar-refractivity contribution in [2.75, 3.05) is 16.6 Å².